The monoisotopic (exact) mass is 788 g/mol. The zero-order valence-corrected chi connectivity index (χ0v) is 33.6. The molecule has 3 heterocycles. The summed E-state index contributed by atoms with van der Waals surface area (Å²) in [4.78, 5) is 10.8. The summed E-state index contributed by atoms with van der Waals surface area (Å²) in [6.45, 7) is 0. The number of hydrogen-bond donors (Lipinski definition) is 0. The van der Waals surface area contributed by atoms with Gasteiger partial charge < -0.3 is 4.57 Å². The standard InChI is InChI=1S/C58H36N4/c1-2-13-37(14-3-1)40-18-12-19-44(33-40)57-58(60-51-23-10-9-22-50(51)59-57)62-54-31-28-43(36-49(54)56-46-20-7-6-16-39(46)26-32-55(56)62)42-27-30-53-48(35-42)47-21-8-11-24-52(47)61(53)45-29-25-38-15-4-5-17-41(38)34-45/h1-36H. The molecule has 0 saturated carbocycles. The molecule has 13 rings (SSSR count). The highest BCUT2D eigenvalue weighted by molar-refractivity contribution is 6.22. The van der Waals surface area contributed by atoms with Crippen molar-refractivity contribution >= 4 is 76.2 Å². The Kier molecular flexibility index (Phi) is 7.57. The summed E-state index contributed by atoms with van der Waals surface area (Å²) in [5.41, 5.74) is 13.9. The molecular formula is C58H36N4. The SMILES string of the molecule is c1ccc(-c2cccc(-c3nc4ccccc4nc3-n3c4ccc(-c5ccc6c(c5)c5ccccc5n6-c5ccc6ccccc6c5)cc4c4c5ccccc5ccc43)c2)cc1. The number of nitrogens with zero attached hydrogens (tertiary/aromatic N) is 4. The van der Waals surface area contributed by atoms with Crippen LogP contribution in [0.5, 0.6) is 0 Å². The summed E-state index contributed by atoms with van der Waals surface area (Å²) in [7, 11) is 0. The molecular weight excluding hydrogens is 753 g/mol. The van der Waals surface area contributed by atoms with E-state index in [4.69, 9.17) is 9.97 Å². The summed E-state index contributed by atoms with van der Waals surface area (Å²) in [6.07, 6.45) is 0. The van der Waals surface area contributed by atoms with E-state index in [-0.39, 0.29) is 0 Å². The Morgan fingerprint density at radius 1 is 0.290 bits per heavy atom. The molecule has 0 saturated heterocycles. The maximum Gasteiger partial charge on any atom is 0.165 e. The van der Waals surface area contributed by atoms with Crippen molar-refractivity contribution in [3.8, 4) is 45.0 Å². The molecule has 13 aromatic rings. The van der Waals surface area contributed by atoms with E-state index in [2.05, 4.69) is 215 Å². The van der Waals surface area contributed by atoms with Gasteiger partial charge in [-0.25, -0.2) is 9.97 Å². The van der Waals surface area contributed by atoms with E-state index < -0.39 is 0 Å². The summed E-state index contributed by atoms with van der Waals surface area (Å²) in [6, 6.07) is 78.6. The van der Waals surface area contributed by atoms with E-state index in [1.807, 2.05) is 12.1 Å². The fraction of sp³-hybridized carbons (Fsp3) is 0. The van der Waals surface area contributed by atoms with Crippen molar-refractivity contribution in [2.75, 3.05) is 0 Å². The van der Waals surface area contributed by atoms with E-state index in [1.165, 1.54) is 59.7 Å². The number of benzene rings is 10. The van der Waals surface area contributed by atoms with Gasteiger partial charge in [0.2, 0.25) is 0 Å². The van der Waals surface area contributed by atoms with Crippen molar-refractivity contribution in [1.29, 1.82) is 0 Å². The molecule has 0 aliphatic rings. The third-order valence-corrected chi connectivity index (χ3v) is 12.7. The van der Waals surface area contributed by atoms with E-state index in [0.29, 0.717) is 0 Å². The molecule has 0 atom stereocenters. The van der Waals surface area contributed by atoms with Gasteiger partial charge in [0.15, 0.2) is 5.82 Å². The van der Waals surface area contributed by atoms with E-state index in [9.17, 15) is 0 Å². The van der Waals surface area contributed by atoms with Crippen molar-refractivity contribution in [3.63, 3.8) is 0 Å². The number of para-hydroxylation sites is 3. The third kappa shape index (κ3) is 5.33. The second-order valence-corrected chi connectivity index (χ2v) is 16.2. The molecule has 288 valence electrons. The van der Waals surface area contributed by atoms with Crippen LogP contribution < -0.4 is 0 Å². The van der Waals surface area contributed by atoms with Crippen molar-refractivity contribution in [2.24, 2.45) is 0 Å². The minimum Gasteiger partial charge on any atom is -0.309 e. The van der Waals surface area contributed by atoms with Gasteiger partial charge in [0.05, 0.1) is 33.1 Å². The number of hydrogen-bond acceptors (Lipinski definition) is 2. The zero-order chi connectivity index (χ0) is 40.7. The highest BCUT2D eigenvalue weighted by atomic mass is 15.1. The van der Waals surface area contributed by atoms with Crippen LogP contribution in [0.4, 0.5) is 0 Å². The van der Waals surface area contributed by atoms with Gasteiger partial charge in [-0.05, 0) is 111 Å². The van der Waals surface area contributed by atoms with Crippen LogP contribution in [0.15, 0.2) is 218 Å². The number of aromatic nitrogens is 4. The van der Waals surface area contributed by atoms with Crippen LogP contribution in [-0.4, -0.2) is 19.1 Å². The van der Waals surface area contributed by atoms with E-state index >= 15 is 0 Å². The molecule has 0 aliphatic carbocycles. The highest BCUT2D eigenvalue weighted by Crippen LogP contribution is 2.42. The van der Waals surface area contributed by atoms with Gasteiger partial charge in [0, 0.05) is 32.8 Å². The average Bonchev–Trinajstić information content (AvgIpc) is 3.86. The van der Waals surface area contributed by atoms with Crippen molar-refractivity contribution in [1.82, 2.24) is 19.1 Å². The van der Waals surface area contributed by atoms with E-state index in [1.54, 1.807) is 0 Å². The van der Waals surface area contributed by atoms with Crippen LogP contribution in [0.3, 0.4) is 0 Å². The minimum atomic E-state index is 0.805. The Morgan fingerprint density at radius 2 is 0.871 bits per heavy atom. The topological polar surface area (TPSA) is 35.6 Å². The lowest BCUT2D eigenvalue weighted by molar-refractivity contribution is 1.08. The molecule has 0 spiro atoms. The predicted molar refractivity (Wildman–Crippen MR) is 260 cm³/mol. The molecule has 0 unspecified atom stereocenters. The fourth-order valence-corrected chi connectivity index (χ4v) is 9.76. The summed E-state index contributed by atoms with van der Waals surface area (Å²) in [5.74, 6) is 0.805. The Balaban J connectivity index is 1.04. The van der Waals surface area contributed by atoms with Crippen LogP contribution in [0.25, 0.3) is 121 Å². The Hall–Kier alpha value is -8.34. The highest BCUT2D eigenvalue weighted by Gasteiger charge is 2.22. The molecule has 10 aromatic carbocycles. The first-order valence-electron chi connectivity index (χ1n) is 21.2. The van der Waals surface area contributed by atoms with Crippen LogP contribution >= 0.6 is 0 Å². The largest absolute Gasteiger partial charge is 0.309 e. The minimum absolute atomic E-state index is 0.805. The molecule has 0 aliphatic heterocycles. The van der Waals surface area contributed by atoms with E-state index in [0.717, 1.165) is 61.5 Å². The maximum absolute atomic E-state index is 5.46. The van der Waals surface area contributed by atoms with Crippen LogP contribution in [0.1, 0.15) is 0 Å². The molecule has 4 nitrogen and oxygen atoms in total. The zero-order valence-electron chi connectivity index (χ0n) is 33.6. The van der Waals surface area contributed by atoms with Crippen LogP contribution in [0.2, 0.25) is 0 Å². The quantitative estimate of drug-likeness (QED) is 0.174. The molecule has 0 fully saturated rings. The van der Waals surface area contributed by atoms with Crippen LogP contribution in [0, 0.1) is 0 Å². The fourth-order valence-electron chi connectivity index (χ4n) is 9.76. The maximum atomic E-state index is 5.46. The summed E-state index contributed by atoms with van der Waals surface area (Å²) < 4.78 is 4.74. The van der Waals surface area contributed by atoms with Gasteiger partial charge in [-0.15, -0.1) is 0 Å². The number of fused-ring (bicyclic) bond motifs is 10. The second-order valence-electron chi connectivity index (χ2n) is 16.2. The predicted octanol–water partition coefficient (Wildman–Crippen LogP) is 15.1. The normalized spacial score (nSPS) is 11.9. The molecule has 0 bridgehead atoms. The first-order chi connectivity index (χ1) is 30.7. The van der Waals surface area contributed by atoms with Gasteiger partial charge in [0.1, 0.15) is 5.69 Å². The lowest BCUT2D eigenvalue weighted by Gasteiger charge is -2.15. The molecule has 0 N–H and O–H groups in total. The lowest BCUT2D eigenvalue weighted by Crippen LogP contribution is -2.03. The first kappa shape index (κ1) is 34.5. The van der Waals surface area contributed by atoms with Crippen molar-refractivity contribution < 1.29 is 0 Å². The Labute approximate surface area is 357 Å². The Morgan fingerprint density at radius 3 is 1.71 bits per heavy atom. The average molecular weight is 789 g/mol. The molecule has 62 heavy (non-hydrogen) atoms. The van der Waals surface area contributed by atoms with Crippen molar-refractivity contribution in [2.45, 2.75) is 0 Å². The summed E-state index contributed by atoms with van der Waals surface area (Å²) in [5, 5.41) is 9.72. The van der Waals surface area contributed by atoms with Gasteiger partial charge in [-0.2, -0.15) is 0 Å². The lowest BCUT2D eigenvalue weighted by atomic mass is 9.99. The van der Waals surface area contributed by atoms with Crippen LogP contribution in [-0.2, 0) is 0 Å². The Bertz CT molecular complexity index is 3930. The summed E-state index contributed by atoms with van der Waals surface area (Å²) >= 11 is 0. The first-order valence-corrected chi connectivity index (χ1v) is 21.2. The van der Waals surface area contributed by atoms with Gasteiger partial charge in [-0.1, -0.05) is 152 Å². The third-order valence-electron chi connectivity index (χ3n) is 12.7. The van der Waals surface area contributed by atoms with Gasteiger partial charge in [-0.3, -0.25) is 4.57 Å². The molecule has 3 aromatic heterocycles. The molecule has 0 radical (unpaired) electrons. The second kappa shape index (κ2) is 13.6. The molecule has 4 heteroatoms. The molecule has 0 amide bonds. The van der Waals surface area contributed by atoms with Crippen molar-refractivity contribution in [3.05, 3.63) is 218 Å². The van der Waals surface area contributed by atoms with Gasteiger partial charge in [0.25, 0.3) is 0 Å². The van der Waals surface area contributed by atoms with Gasteiger partial charge >= 0.3 is 0 Å². The smallest absolute Gasteiger partial charge is 0.165 e. The number of rotatable bonds is 5.